The summed E-state index contributed by atoms with van der Waals surface area (Å²) in [7, 11) is -3.77. The first kappa shape index (κ1) is 24.8. The molecular weight excluding hydrogens is 494 g/mol. The first-order valence-corrected chi connectivity index (χ1v) is 13.5. The summed E-state index contributed by atoms with van der Waals surface area (Å²) in [6, 6.07) is 14.8. The number of nitrogens with zero attached hydrogens (tertiary/aromatic N) is 7. The molecule has 11 nitrogen and oxygen atoms in total. The third-order valence-electron chi connectivity index (χ3n) is 6.43. The van der Waals surface area contributed by atoms with Crippen LogP contribution < -0.4 is 4.90 Å². The summed E-state index contributed by atoms with van der Waals surface area (Å²) >= 11 is 0. The Morgan fingerprint density at radius 2 is 1.65 bits per heavy atom. The Bertz CT molecular complexity index is 1550. The minimum Gasteiger partial charge on any atom is -0.353 e. The molecule has 1 fully saturated rings. The highest BCUT2D eigenvalue weighted by Crippen LogP contribution is 2.31. The summed E-state index contributed by atoms with van der Waals surface area (Å²) in [4.78, 5) is 22.2. The van der Waals surface area contributed by atoms with Gasteiger partial charge in [-0.2, -0.15) is 9.40 Å². The average molecular weight is 522 g/mol. The number of fused-ring (bicyclic) bond motifs is 1. The molecule has 0 spiro atoms. The van der Waals surface area contributed by atoms with Gasteiger partial charge in [0.2, 0.25) is 10.0 Å². The molecule has 0 amide bonds. The number of para-hydroxylation sites is 1. The predicted molar refractivity (Wildman–Crippen MR) is 139 cm³/mol. The van der Waals surface area contributed by atoms with E-state index in [1.54, 1.807) is 0 Å². The Morgan fingerprint density at radius 3 is 2.27 bits per heavy atom. The number of aryl methyl sites for hydroxylation is 2. The molecule has 37 heavy (non-hydrogen) atoms. The van der Waals surface area contributed by atoms with E-state index in [0.717, 1.165) is 46.9 Å². The van der Waals surface area contributed by atoms with E-state index in [1.807, 2.05) is 41.9 Å². The van der Waals surface area contributed by atoms with Crippen LogP contribution in [-0.2, 0) is 16.4 Å². The molecule has 5 rings (SSSR count). The minimum atomic E-state index is -3.77. The predicted octanol–water partition coefficient (Wildman–Crippen LogP) is 3.50. The third-order valence-corrected chi connectivity index (χ3v) is 8.34. The SMILES string of the molecule is CCCc1nc(N2CCN(S(=O)(=O)c3ccc([N+](=O)[O-])cc3)CC2)c2c(C)nn(-c3ccccc3)c2n1. The van der Waals surface area contributed by atoms with Crippen molar-refractivity contribution in [1.82, 2.24) is 24.1 Å². The number of rotatable bonds is 7. The Kier molecular flexibility index (Phi) is 6.61. The summed E-state index contributed by atoms with van der Waals surface area (Å²) in [6.45, 7) is 5.43. The van der Waals surface area contributed by atoms with Crippen LogP contribution in [0.4, 0.5) is 11.5 Å². The van der Waals surface area contributed by atoms with E-state index in [1.165, 1.54) is 28.6 Å². The molecule has 0 bridgehead atoms. The van der Waals surface area contributed by atoms with Crippen LogP contribution in [0.5, 0.6) is 0 Å². The van der Waals surface area contributed by atoms with Gasteiger partial charge < -0.3 is 4.90 Å². The molecule has 0 aliphatic carbocycles. The molecule has 1 aliphatic heterocycles. The molecule has 1 saturated heterocycles. The van der Waals surface area contributed by atoms with Gasteiger partial charge >= 0.3 is 0 Å². The third kappa shape index (κ3) is 4.65. The summed E-state index contributed by atoms with van der Waals surface area (Å²) in [6.07, 6.45) is 1.61. The zero-order chi connectivity index (χ0) is 26.2. The van der Waals surface area contributed by atoms with Crippen molar-refractivity contribution in [3.05, 3.63) is 76.2 Å². The van der Waals surface area contributed by atoms with Crippen molar-refractivity contribution in [2.45, 2.75) is 31.6 Å². The van der Waals surface area contributed by atoms with Crippen LogP contribution in [0.1, 0.15) is 24.9 Å². The number of aromatic nitrogens is 4. The van der Waals surface area contributed by atoms with Crippen LogP contribution in [0.2, 0.25) is 0 Å². The normalized spacial score (nSPS) is 14.8. The molecule has 192 valence electrons. The smallest absolute Gasteiger partial charge is 0.269 e. The quantitative estimate of drug-likeness (QED) is 0.267. The molecule has 3 heterocycles. The molecule has 0 atom stereocenters. The zero-order valence-corrected chi connectivity index (χ0v) is 21.4. The standard InChI is InChI=1S/C25H27N7O4S/c1-3-7-22-26-24(23-18(2)28-31(25(23)27-22)19-8-5-4-6-9-19)29-14-16-30(17-15-29)37(35,36)21-12-10-20(11-13-21)32(33)34/h4-6,8-13H,3,7,14-17H2,1-2H3. The van der Waals surface area contributed by atoms with Crippen molar-refractivity contribution < 1.29 is 13.3 Å². The second-order valence-electron chi connectivity index (χ2n) is 8.89. The highest BCUT2D eigenvalue weighted by atomic mass is 32.2. The maximum absolute atomic E-state index is 13.2. The fourth-order valence-corrected chi connectivity index (χ4v) is 5.97. The second kappa shape index (κ2) is 9.87. The Morgan fingerprint density at radius 1 is 0.973 bits per heavy atom. The Labute approximate surface area is 214 Å². The van der Waals surface area contributed by atoms with Crippen LogP contribution in [0, 0.1) is 17.0 Å². The molecule has 0 radical (unpaired) electrons. The Balaban J connectivity index is 1.45. The van der Waals surface area contributed by atoms with Crippen LogP contribution >= 0.6 is 0 Å². The molecule has 2 aromatic carbocycles. The van der Waals surface area contributed by atoms with E-state index in [4.69, 9.17) is 15.1 Å². The van der Waals surface area contributed by atoms with Gasteiger partial charge in [0.1, 0.15) is 11.6 Å². The molecule has 4 aromatic rings. The summed E-state index contributed by atoms with van der Waals surface area (Å²) in [5, 5.41) is 16.5. The van der Waals surface area contributed by atoms with Gasteiger partial charge in [0.25, 0.3) is 5.69 Å². The first-order chi connectivity index (χ1) is 17.8. The van der Waals surface area contributed by atoms with Crippen LogP contribution in [0.25, 0.3) is 16.7 Å². The van der Waals surface area contributed by atoms with Crippen LogP contribution in [0.3, 0.4) is 0 Å². The van der Waals surface area contributed by atoms with E-state index in [-0.39, 0.29) is 23.7 Å². The van der Waals surface area contributed by atoms with Gasteiger partial charge in [-0.3, -0.25) is 10.1 Å². The van der Waals surface area contributed by atoms with Crippen molar-refractivity contribution in [3.8, 4) is 5.69 Å². The number of non-ortho nitro benzene ring substituents is 1. The first-order valence-electron chi connectivity index (χ1n) is 12.1. The van der Waals surface area contributed by atoms with E-state index in [0.29, 0.717) is 13.1 Å². The fourth-order valence-electron chi connectivity index (χ4n) is 4.55. The van der Waals surface area contributed by atoms with Crippen molar-refractivity contribution in [1.29, 1.82) is 0 Å². The van der Waals surface area contributed by atoms with Crippen molar-refractivity contribution in [2.75, 3.05) is 31.1 Å². The van der Waals surface area contributed by atoms with Gasteiger partial charge in [-0.15, -0.1) is 0 Å². The zero-order valence-electron chi connectivity index (χ0n) is 20.6. The summed E-state index contributed by atoms with van der Waals surface area (Å²) in [5.74, 6) is 1.49. The van der Waals surface area contributed by atoms with Gasteiger partial charge in [0.05, 0.1) is 26.6 Å². The maximum atomic E-state index is 13.2. The van der Waals surface area contributed by atoms with Crippen LogP contribution in [0.15, 0.2) is 59.5 Å². The summed E-state index contributed by atoms with van der Waals surface area (Å²) < 4.78 is 29.6. The largest absolute Gasteiger partial charge is 0.353 e. The number of sulfonamides is 1. The lowest BCUT2D eigenvalue weighted by atomic mass is 10.2. The summed E-state index contributed by atoms with van der Waals surface area (Å²) in [5.41, 5.74) is 2.30. The van der Waals surface area contributed by atoms with Gasteiger partial charge in [0, 0.05) is 44.7 Å². The van der Waals surface area contributed by atoms with Gasteiger partial charge in [-0.05, 0) is 37.6 Å². The van der Waals surface area contributed by atoms with E-state index in [9.17, 15) is 18.5 Å². The number of nitro benzene ring substituents is 1. The number of hydrogen-bond acceptors (Lipinski definition) is 8. The molecule has 0 saturated carbocycles. The lowest BCUT2D eigenvalue weighted by molar-refractivity contribution is -0.384. The molecule has 12 heteroatoms. The number of nitro groups is 1. The highest BCUT2D eigenvalue weighted by Gasteiger charge is 2.31. The lowest BCUT2D eigenvalue weighted by Gasteiger charge is -2.35. The molecule has 2 aromatic heterocycles. The molecule has 0 N–H and O–H groups in total. The second-order valence-corrected chi connectivity index (χ2v) is 10.8. The maximum Gasteiger partial charge on any atom is 0.269 e. The van der Waals surface area contributed by atoms with E-state index >= 15 is 0 Å². The highest BCUT2D eigenvalue weighted by molar-refractivity contribution is 7.89. The fraction of sp³-hybridized carbons (Fsp3) is 0.320. The monoisotopic (exact) mass is 521 g/mol. The van der Waals surface area contributed by atoms with E-state index in [2.05, 4.69) is 11.8 Å². The van der Waals surface area contributed by atoms with Crippen molar-refractivity contribution >= 4 is 32.6 Å². The van der Waals surface area contributed by atoms with Gasteiger partial charge in [-0.25, -0.2) is 23.1 Å². The molecule has 1 aliphatic rings. The number of hydrogen-bond donors (Lipinski definition) is 0. The molecule has 0 unspecified atom stereocenters. The van der Waals surface area contributed by atoms with Crippen LogP contribution in [-0.4, -0.2) is 63.6 Å². The Hall–Kier alpha value is -3.90. The minimum absolute atomic E-state index is 0.0428. The number of anilines is 1. The number of benzene rings is 2. The van der Waals surface area contributed by atoms with Crippen molar-refractivity contribution in [2.24, 2.45) is 0 Å². The number of piperazine rings is 1. The van der Waals surface area contributed by atoms with E-state index < -0.39 is 14.9 Å². The lowest BCUT2D eigenvalue weighted by Crippen LogP contribution is -2.49. The van der Waals surface area contributed by atoms with Gasteiger partial charge in [0.15, 0.2) is 5.65 Å². The van der Waals surface area contributed by atoms with Gasteiger partial charge in [-0.1, -0.05) is 25.1 Å². The van der Waals surface area contributed by atoms with Crippen molar-refractivity contribution in [3.63, 3.8) is 0 Å². The average Bonchev–Trinajstić information content (AvgIpc) is 3.25. The topological polar surface area (TPSA) is 127 Å². The molecular formula is C25H27N7O4S.